The highest BCUT2D eigenvalue weighted by Gasteiger charge is 2.69. The molecule has 0 unspecified atom stereocenters. The van der Waals surface area contributed by atoms with Gasteiger partial charge >= 0.3 is 0 Å². The van der Waals surface area contributed by atoms with Gasteiger partial charge in [0.2, 0.25) is 10.0 Å². The van der Waals surface area contributed by atoms with E-state index in [2.05, 4.69) is 16.9 Å². The zero-order chi connectivity index (χ0) is 25.0. The average molecular weight is 534 g/mol. The number of fused-ring (bicyclic) bond motifs is 1. The van der Waals surface area contributed by atoms with Gasteiger partial charge in [-0.25, -0.2) is 13.1 Å². The Kier molecular flexibility index (Phi) is 5.96. The van der Waals surface area contributed by atoms with Crippen LogP contribution < -0.4 is 14.2 Å². The fraction of sp³-hybridized carbons (Fsp3) is 0.400. The molecule has 1 aromatic heterocycles. The SMILES string of the molecule is Cc1cc2cc(OCC34CC(NS(C)(=O)=O)(C3)C4)ccc2n1-c1cc(Cl)c(OCCCl)c(C#N)c1. The Morgan fingerprint density at radius 2 is 1.91 bits per heavy atom. The molecule has 3 aliphatic carbocycles. The van der Waals surface area contributed by atoms with Gasteiger partial charge in [0.15, 0.2) is 5.75 Å². The van der Waals surface area contributed by atoms with Gasteiger partial charge < -0.3 is 14.0 Å². The van der Waals surface area contributed by atoms with Gasteiger partial charge in [-0.05, 0) is 62.6 Å². The maximum atomic E-state index is 11.5. The molecule has 1 N–H and O–H groups in total. The van der Waals surface area contributed by atoms with Gasteiger partial charge in [-0.2, -0.15) is 5.26 Å². The molecule has 2 bridgehead atoms. The molecule has 0 amide bonds. The fourth-order valence-electron chi connectivity index (χ4n) is 5.73. The summed E-state index contributed by atoms with van der Waals surface area (Å²) in [6.07, 6.45) is 3.66. The largest absolute Gasteiger partial charge is 0.493 e. The van der Waals surface area contributed by atoms with Crippen molar-refractivity contribution in [1.29, 1.82) is 5.26 Å². The number of nitrogens with one attached hydrogen (secondary N) is 1. The molecule has 7 nitrogen and oxygen atoms in total. The molecule has 2 aromatic carbocycles. The van der Waals surface area contributed by atoms with Crippen LogP contribution in [-0.2, 0) is 10.0 Å². The number of aromatic nitrogens is 1. The second-order valence-corrected chi connectivity index (χ2v) is 12.3. The van der Waals surface area contributed by atoms with Crippen molar-refractivity contribution < 1.29 is 17.9 Å². The number of halogens is 2. The minimum atomic E-state index is -3.19. The van der Waals surface area contributed by atoms with E-state index >= 15 is 0 Å². The molecule has 0 spiro atoms. The summed E-state index contributed by atoms with van der Waals surface area (Å²) in [5.74, 6) is 1.41. The van der Waals surface area contributed by atoms with Crippen molar-refractivity contribution in [1.82, 2.24) is 9.29 Å². The molecule has 35 heavy (non-hydrogen) atoms. The lowest BCUT2D eigenvalue weighted by Crippen LogP contribution is -2.76. The highest BCUT2D eigenvalue weighted by atomic mass is 35.5. The number of aryl methyl sites for hydroxylation is 1. The van der Waals surface area contributed by atoms with Crippen molar-refractivity contribution in [2.75, 3.05) is 25.3 Å². The van der Waals surface area contributed by atoms with E-state index in [9.17, 15) is 13.7 Å². The van der Waals surface area contributed by atoms with E-state index in [0.717, 1.165) is 47.3 Å². The first-order valence-corrected chi connectivity index (χ1v) is 14.0. The number of alkyl halides is 1. The van der Waals surface area contributed by atoms with E-state index in [4.69, 9.17) is 32.7 Å². The minimum Gasteiger partial charge on any atom is -0.493 e. The Bertz CT molecular complexity index is 1460. The van der Waals surface area contributed by atoms with Crippen LogP contribution in [0.5, 0.6) is 11.5 Å². The van der Waals surface area contributed by atoms with E-state index in [1.54, 1.807) is 12.1 Å². The Balaban J connectivity index is 1.35. The lowest BCUT2D eigenvalue weighted by atomic mass is 9.40. The number of hydrogen-bond acceptors (Lipinski definition) is 5. The lowest BCUT2D eigenvalue weighted by molar-refractivity contribution is -0.162. The molecular weight excluding hydrogens is 509 g/mol. The first-order valence-electron chi connectivity index (χ1n) is 11.2. The first-order chi connectivity index (χ1) is 16.6. The van der Waals surface area contributed by atoms with Crippen molar-refractivity contribution in [3.8, 4) is 23.3 Å². The second-order valence-electron chi connectivity index (χ2n) is 9.77. The fourth-order valence-corrected chi connectivity index (χ4v) is 7.08. The molecule has 0 atom stereocenters. The normalized spacial score (nSPS) is 22.8. The monoisotopic (exact) mass is 533 g/mol. The average Bonchev–Trinajstić information content (AvgIpc) is 3.07. The van der Waals surface area contributed by atoms with Crippen LogP contribution in [-0.4, -0.2) is 43.9 Å². The first kappa shape index (κ1) is 24.3. The third kappa shape index (κ3) is 4.47. The summed E-state index contributed by atoms with van der Waals surface area (Å²) in [6, 6.07) is 13.7. The van der Waals surface area contributed by atoms with Crippen LogP contribution in [0, 0.1) is 23.7 Å². The van der Waals surface area contributed by atoms with Gasteiger partial charge in [0.05, 0.1) is 34.8 Å². The molecular formula is C25H25Cl2N3O4S. The number of sulfonamides is 1. The van der Waals surface area contributed by atoms with E-state index in [-0.39, 0.29) is 17.6 Å². The summed E-state index contributed by atoms with van der Waals surface area (Å²) in [5.41, 5.74) is 2.87. The molecule has 3 fully saturated rings. The maximum absolute atomic E-state index is 11.5. The van der Waals surface area contributed by atoms with Crippen LogP contribution in [0.2, 0.25) is 5.02 Å². The molecule has 3 aromatic rings. The van der Waals surface area contributed by atoms with Gasteiger partial charge in [-0.3, -0.25) is 0 Å². The quantitative estimate of drug-likeness (QED) is 0.393. The van der Waals surface area contributed by atoms with E-state index in [1.165, 1.54) is 6.26 Å². The molecule has 0 saturated heterocycles. The van der Waals surface area contributed by atoms with Gasteiger partial charge in [-0.15, -0.1) is 11.6 Å². The van der Waals surface area contributed by atoms with E-state index in [1.807, 2.05) is 29.7 Å². The molecule has 6 rings (SSSR count). The smallest absolute Gasteiger partial charge is 0.209 e. The molecule has 184 valence electrons. The van der Waals surface area contributed by atoms with Crippen LogP contribution in [0.15, 0.2) is 36.4 Å². The second kappa shape index (κ2) is 8.59. The lowest BCUT2D eigenvalue weighted by Gasteiger charge is -2.69. The van der Waals surface area contributed by atoms with Gasteiger partial charge in [-0.1, -0.05) is 11.6 Å². The molecule has 0 radical (unpaired) electrons. The van der Waals surface area contributed by atoms with Crippen LogP contribution >= 0.6 is 23.2 Å². The maximum Gasteiger partial charge on any atom is 0.209 e. The van der Waals surface area contributed by atoms with Gasteiger partial charge in [0, 0.05) is 27.7 Å². The van der Waals surface area contributed by atoms with Gasteiger partial charge in [0.25, 0.3) is 0 Å². The molecule has 0 aliphatic heterocycles. The number of nitrogens with zero attached hydrogens (tertiary/aromatic N) is 2. The number of nitriles is 1. The molecule has 3 aliphatic rings. The third-order valence-electron chi connectivity index (χ3n) is 6.77. The zero-order valence-electron chi connectivity index (χ0n) is 19.4. The topological polar surface area (TPSA) is 93.3 Å². The van der Waals surface area contributed by atoms with Crippen LogP contribution in [0.1, 0.15) is 30.5 Å². The van der Waals surface area contributed by atoms with Crippen LogP contribution in [0.3, 0.4) is 0 Å². The summed E-state index contributed by atoms with van der Waals surface area (Å²) in [7, 11) is -3.19. The summed E-state index contributed by atoms with van der Waals surface area (Å²) < 4.78 is 39.6. The standard InChI is InChI=1S/C25H25Cl2N3O4S/c1-16-7-17-9-20(34-15-24-12-25(13-24,14-24)29-35(2,31)32)3-4-22(17)30(16)19-8-18(11-28)23(21(27)10-19)33-6-5-26/h3-4,7-10,29H,5-6,12-15H2,1-2H3. The predicted octanol–water partition coefficient (Wildman–Crippen LogP) is 4.93. The number of rotatable bonds is 9. The van der Waals surface area contributed by atoms with Crippen molar-refractivity contribution in [3.63, 3.8) is 0 Å². The molecule has 10 heteroatoms. The van der Waals surface area contributed by atoms with Crippen molar-refractivity contribution in [2.24, 2.45) is 5.41 Å². The summed E-state index contributed by atoms with van der Waals surface area (Å²) >= 11 is 12.2. The molecule has 3 saturated carbocycles. The zero-order valence-corrected chi connectivity index (χ0v) is 21.7. The number of hydrogen-bond donors (Lipinski definition) is 1. The number of ether oxygens (including phenoxy) is 2. The van der Waals surface area contributed by atoms with Gasteiger partial charge in [0.1, 0.15) is 18.4 Å². The van der Waals surface area contributed by atoms with Crippen molar-refractivity contribution in [2.45, 2.75) is 31.7 Å². The Morgan fingerprint density at radius 3 is 2.57 bits per heavy atom. The summed E-state index contributed by atoms with van der Waals surface area (Å²) in [5, 5.41) is 11.0. The Hall–Kier alpha value is -2.44. The van der Waals surface area contributed by atoms with E-state index in [0.29, 0.717) is 28.8 Å². The van der Waals surface area contributed by atoms with Crippen molar-refractivity contribution >= 4 is 44.1 Å². The summed E-state index contributed by atoms with van der Waals surface area (Å²) in [4.78, 5) is 0. The summed E-state index contributed by atoms with van der Waals surface area (Å²) in [6.45, 7) is 2.82. The van der Waals surface area contributed by atoms with Crippen LogP contribution in [0.25, 0.3) is 16.6 Å². The number of benzene rings is 2. The van der Waals surface area contributed by atoms with Crippen molar-refractivity contribution in [3.05, 3.63) is 52.7 Å². The third-order valence-corrected chi connectivity index (χ3v) is 8.01. The highest BCUT2D eigenvalue weighted by molar-refractivity contribution is 7.88. The van der Waals surface area contributed by atoms with Crippen LogP contribution in [0.4, 0.5) is 0 Å². The predicted molar refractivity (Wildman–Crippen MR) is 136 cm³/mol. The highest BCUT2D eigenvalue weighted by Crippen LogP contribution is 2.67. The van der Waals surface area contributed by atoms with E-state index < -0.39 is 10.0 Å². The molecule has 1 heterocycles. The Labute approximate surface area is 214 Å². The minimum absolute atomic E-state index is 0.0617. The Morgan fingerprint density at radius 1 is 1.17 bits per heavy atom.